The summed E-state index contributed by atoms with van der Waals surface area (Å²) in [5.41, 5.74) is 0.944. The van der Waals surface area contributed by atoms with E-state index in [1.807, 2.05) is 12.1 Å². The van der Waals surface area contributed by atoms with Crippen molar-refractivity contribution in [1.29, 1.82) is 0 Å². The molecule has 6 nitrogen and oxygen atoms in total. The zero-order chi connectivity index (χ0) is 16.6. The predicted molar refractivity (Wildman–Crippen MR) is 96.8 cm³/mol. The van der Waals surface area contributed by atoms with Gasteiger partial charge in [0, 0.05) is 6.20 Å². The Hall–Kier alpha value is -1.54. The van der Waals surface area contributed by atoms with E-state index in [0.29, 0.717) is 18.6 Å². The first-order valence-electron chi connectivity index (χ1n) is 8.97. The van der Waals surface area contributed by atoms with Gasteiger partial charge in [-0.3, -0.25) is 0 Å². The van der Waals surface area contributed by atoms with Gasteiger partial charge in [0.1, 0.15) is 12.2 Å². The number of aromatic nitrogens is 2. The van der Waals surface area contributed by atoms with Gasteiger partial charge in [0.2, 0.25) is 5.95 Å². The fraction of sp³-hybridized carbons (Fsp3) is 0.556. The smallest absolute Gasteiger partial charge is 0.223 e. The van der Waals surface area contributed by atoms with Crippen molar-refractivity contribution in [3.63, 3.8) is 0 Å². The Bertz CT molecular complexity index is 722. The maximum absolute atomic E-state index is 6.03. The van der Waals surface area contributed by atoms with Crippen LogP contribution >= 0.6 is 11.3 Å². The molecule has 2 aromatic rings. The lowest BCUT2D eigenvalue weighted by Gasteiger charge is -2.18. The molecular weight excluding hydrogens is 336 g/mol. The van der Waals surface area contributed by atoms with Crippen LogP contribution in [0.1, 0.15) is 12.8 Å². The molecule has 1 saturated carbocycles. The van der Waals surface area contributed by atoms with Crippen molar-refractivity contribution < 1.29 is 9.47 Å². The lowest BCUT2D eigenvalue weighted by molar-refractivity contribution is 0.0675. The van der Waals surface area contributed by atoms with Crippen LogP contribution in [0.25, 0.3) is 10.6 Å². The molecule has 2 aromatic heterocycles. The number of anilines is 1. The lowest BCUT2D eigenvalue weighted by Crippen LogP contribution is -2.42. The summed E-state index contributed by atoms with van der Waals surface area (Å²) in [4.78, 5) is 10.2. The maximum Gasteiger partial charge on any atom is 0.223 e. The Morgan fingerprint density at radius 2 is 1.96 bits per heavy atom. The summed E-state index contributed by atoms with van der Waals surface area (Å²) in [5, 5.41) is 9.09. The molecule has 1 aliphatic carbocycles. The summed E-state index contributed by atoms with van der Waals surface area (Å²) in [6.45, 7) is 2.44. The van der Waals surface area contributed by atoms with Crippen LogP contribution in [0, 0.1) is 5.92 Å². The van der Waals surface area contributed by atoms with Gasteiger partial charge in [-0.15, -0.1) is 11.3 Å². The zero-order valence-corrected chi connectivity index (χ0v) is 14.7. The number of nitrogens with zero attached hydrogens (tertiary/aromatic N) is 2. The summed E-state index contributed by atoms with van der Waals surface area (Å²) in [7, 11) is 0. The molecule has 0 unspecified atom stereocenters. The van der Waals surface area contributed by atoms with Gasteiger partial charge in [-0.1, -0.05) is 6.07 Å². The third kappa shape index (κ3) is 3.29. The zero-order valence-electron chi connectivity index (χ0n) is 13.9. The van der Waals surface area contributed by atoms with Crippen molar-refractivity contribution in [3.8, 4) is 10.6 Å². The minimum Gasteiger partial charge on any atom is -0.371 e. The molecule has 3 aliphatic rings. The van der Waals surface area contributed by atoms with Gasteiger partial charge in [-0.05, 0) is 42.8 Å². The summed E-state index contributed by atoms with van der Waals surface area (Å²) in [5.74, 6) is 1.50. The predicted octanol–water partition coefficient (Wildman–Crippen LogP) is 2.15. The standard InChI is InChI=1S/C18H22N4O2S/c1-2-15(25-7-1)12-5-6-19-18(21-12)22-14-10-24-16-13(9-23-17(14)16)20-8-11-3-4-11/h1-2,5-7,11,13-14,16-17,20H,3-4,8-10H2,(H,19,21,22)/t13-,14-,16+,17+/m0/s1. The van der Waals surface area contributed by atoms with Crippen LogP contribution < -0.4 is 10.6 Å². The molecule has 4 heterocycles. The van der Waals surface area contributed by atoms with Gasteiger partial charge in [0.05, 0.1) is 35.9 Å². The van der Waals surface area contributed by atoms with E-state index in [9.17, 15) is 0 Å². The number of hydrogen-bond acceptors (Lipinski definition) is 7. The molecule has 2 saturated heterocycles. The first-order chi connectivity index (χ1) is 12.4. The van der Waals surface area contributed by atoms with E-state index >= 15 is 0 Å². The Morgan fingerprint density at radius 1 is 1.12 bits per heavy atom. The highest BCUT2D eigenvalue weighted by atomic mass is 32.1. The second-order valence-corrected chi connectivity index (χ2v) is 8.00. The van der Waals surface area contributed by atoms with Crippen LogP contribution in [0.2, 0.25) is 0 Å². The van der Waals surface area contributed by atoms with Crippen LogP contribution in [0.5, 0.6) is 0 Å². The Kier molecular flexibility index (Phi) is 4.17. The molecule has 4 atom stereocenters. The second kappa shape index (κ2) is 6.64. The van der Waals surface area contributed by atoms with Crippen molar-refractivity contribution in [2.45, 2.75) is 37.1 Å². The van der Waals surface area contributed by atoms with Crippen LogP contribution in [0.3, 0.4) is 0 Å². The third-order valence-electron chi connectivity index (χ3n) is 5.16. The van der Waals surface area contributed by atoms with Gasteiger partial charge < -0.3 is 20.1 Å². The molecular formula is C18H22N4O2S. The fourth-order valence-corrected chi connectivity index (χ4v) is 4.29. The molecule has 0 spiro atoms. The second-order valence-electron chi connectivity index (χ2n) is 7.05. The lowest BCUT2D eigenvalue weighted by atomic mass is 10.1. The molecule has 7 heteroatoms. The minimum absolute atomic E-state index is 0.0608. The number of thiophene rings is 1. The van der Waals surface area contributed by atoms with Gasteiger partial charge in [-0.2, -0.15) is 0 Å². The van der Waals surface area contributed by atoms with Gasteiger partial charge in [0.15, 0.2) is 0 Å². The molecule has 0 aromatic carbocycles. The number of hydrogen-bond donors (Lipinski definition) is 2. The van der Waals surface area contributed by atoms with Crippen LogP contribution in [-0.2, 0) is 9.47 Å². The van der Waals surface area contributed by atoms with Crippen LogP contribution in [0.15, 0.2) is 29.8 Å². The quantitative estimate of drug-likeness (QED) is 0.825. The highest BCUT2D eigenvalue weighted by Gasteiger charge is 2.48. The monoisotopic (exact) mass is 358 g/mol. The summed E-state index contributed by atoms with van der Waals surface area (Å²) < 4.78 is 12.1. The molecule has 132 valence electrons. The van der Waals surface area contributed by atoms with E-state index < -0.39 is 0 Å². The average Bonchev–Trinajstić information content (AvgIpc) is 3.03. The molecule has 2 aliphatic heterocycles. The molecule has 3 fully saturated rings. The Balaban J connectivity index is 1.24. The van der Waals surface area contributed by atoms with Crippen molar-refractivity contribution in [2.75, 3.05) is 25.1 Å². The number of nitrogens with one attached hydrogen (secondary N) is 2. The molecule has 0 radical (unpaired) electrons. The number of fused-ring (bicyclic) bond motifs is 1. The SMILES string of the molecule is c1csc(-c2ccnc(N[C@H]3CO[C@H]4[C@@H]3OC[C@@H]4NCC3CC3)n2)c1. The van der Waals surface area contributed by atoms with E-state index in [1.165, 1.54) is 12.8 Å². The Labute approximate surface area is 151 Å². The van der Waals surface area contributed by atoms with E-state index in [0.717, 1.165) is 29.6 Å². The highest BCUT2D eigenvalue weighted by molar-refractivity contribution is 7.13. The summed E-state index contributed by atoms with van der Waals surface area (Å²) in [6, 6.07) is 6.44. The Morgan fingerprint density at radius 3 is 2.76 bits per heavy atom. The van der Waals surface area contributed by atoms with Crippen molar-refractivity contribution >= 4 is 17.3 Å². The van der Waals surface area contributed by atoms with Crippen molar-refractivity contribution in [3.05, 3.63) is 29.8 Å². The van der Waals surface area contributed by atoms with Gasteiger partial charge in [-0.25, -0.2) is 9.97 Å². The summed E-state index contributed by atoms with van der Waals surface area (Å²) in [6.07, 6.45) is 4.70. The number of rotatable bonds is 6. The van der Waals surface area contributed by atoms with Crippen LogP contribution in [-0.4, -0.2) is 54.0 Å². The van der Waals surface area contributed by atoms with Gasteiger partial charge >= 0.3 is 0 Å². The maximum atomic E-state index is 6.03. The average molecular weight is 358 g/mol. The molecule has 25 heavy (non-hydrogen) atoms. The van der Waals surface area contributed by atoms with E-state index in [1.54, 1.807) is 17.5 Å². The van der Waals surface area contributed by atoms with Crippen molar-refractivity contribution in [2.24, 2.45) is 5.92 Å². The highest BCUT2D eigenvalue weighted by Crippen LogP contribution is 2.31. The van der Waals surface area contributed by atoms with Gasteiger partial charge in [0.25, 0.3) is 0 Å². The molecule has 0 amide bonds. The normalized spacial score (nSPS) is 31.2. The van der Waals surface area contributed by atoms with E-state index in [4.69, 9.17) is 9.47 Å². The van der Waals surface area contributed by atoms with Crippen LogP contribution in [0.4, 0.5) is 5.95 Å². The molecule has 0 bridgehead atoms. The minimum atomic E-state index is 0.0608. The molecule has 5 rings (SSSR count). The fourth-order valence-electron chi connectivity index (χ4n) is 3.59. The largest absolute Gasteiger partial charge is 0.371 e. The number of ether oxygens (including phenoxy) is 2. The third-order valence-corrected chi connectivity index (χ3v) is 6.06. The van der Waals surface area contributed by atoms with E-state index in [2.05, 4.69) is 32.0 Å². The van der Waals surface area contributed by atoms with Crippen molar-refractivity contribution in [1.82, 2.24) is 15.3 Å². The topological polar surface area (TPSA) is 68.3 Å². The molecule has 2 N–H and O–H groups in total. The first-order valence-corrected chi connectivity index (χ1v) is 9.85. The first kappa shape index (κ1) is 15.7. The summed E-state index contributed by atoms with van der Waals surface area (Å²) >= 11 is 1.68. The van der Waals surface area contributed by atoms with E-state index in [-0.39, 0.29) is 18.2 Å².